The van der Waals surface area contributed by atoms with Crippen molar-refractivity contribution in [3.63, 3.8) is 0 Å². The SMILES string of the molecule is CCN1C(=O)CC[C@H](CNC2Cc3ccccc3C2)[C@H]1c1cnn(C)c1. The second kappa shape index (κ2) is 7.23. The zero-order valence-corrected chi connectivity index (χ0v) is 15.7. The summed E-state index contributed by atoms with van der Waals surface area (Å²) >= 11 is 0. The minimum Gasteiger partial charge on any atom is -0.335 e. The van der Waals surface area contributed by atoms with Crippen LogP contribution in [0.3, 0.4) is 0 Å². The molecular formula is C21H28N4O. The Morgan fingerprint density at radius 1 is 1.23 bits per heavy atom. The first-order valence-corrected chi connectivity index (χ1v) is 9.74. The van der Waals surface area contributed by atoms with E-state index in [0.29, 0.717) is 18.4 Å². The molecule has 2 aromatic rings. The molecule has 2 aliphatic rings. The van der Waals surface area contributed by atoms with E-state index in [1.165, 1.54) is 11.1 Å². The molecule has 138 valence electrons. The summed E-state index contributed by atoms with van der Waals surface area (Å²) in [5.41, 5.74) is 4.11. The lowest BCUT2D eigenvalue weighted by Gasteiger charge is -2.41. The number of benzene rings is 1. The summed E-state index contributed by atoms with van der Waals surface area (Å²) in [6.45, 7) is 3.77. The van der Waals surface area contributed by atoms with E-state index < -0.39 is 0 Å². The number of likely N-dealkylation sites (tertiary alicyclic amines) is 1. The molecule has 1 amide bonds. The van der Waals surface area contributed by atoms with Crippen LogP contribution in [-0.2, 0) is 24.7 Å². The Balaban J connectivity index is 1.46. The van der Waals surface area contributed by atoms with Crippen molar-refractivity contribution in [2.24, 2.45) is 13.0 Å². The van der Waals surface area contributed by atoms with Gasteiger partial charge in [-0.3, -0.25) is 9.48 Å². The molecule has 1 N–H and O–H groups in total. The fraction of sp³-hybridized carbons (Fsp3) is 0.524. The smallest absolute Gasteiger partial charge is 0.223 e. The highest BCUT2D eigenvalue weighted by molar-refractivity contribution is 5.77. The summed E-state index contributed by atoms with van der Waals surface area (Å²) in [7, 11) is 1.94. The monoisotopic (exact) mass is 352 g/mol. The topological polar surface area (TPSA) is 50.2 Å². The normalized spacial score (nSPS) is 23.5. The standard InChI is InChI=1S/C21H28N4O/c1-3-25-20(26)9-8-17(21(25)18-13-23-24(2)14-18)12-22-19-10-15-6-4-5-7-16(15)11-19/h4-7,13-14,17,19,21-22H,3,8-12H2,1-2H3/t17-,21+/m1/s1. The van der Waals surface area contributed by atoms with Gasteiger partial charge in [0.05, 0.1) is 12.2 Å². The third-order valence-corrected chi connectivity index (χ3v) is 5.96. The number of nitrogens with one attached hydrogen (secondary N) is 1. The molecule has 2 atom stereocenters. The third kappa shape index (κ3) is 3.28. The summed E-state index contributed by atoms with van der Waals surface area (Å²) in [6.07, 6.45) is 7.80. The summed E-state index contributed by atoms with van der Waals surface area (Å²) in [5, 5.41) is 8.14. The predicted octanol–water partition coefficient (Wildman–Crippen LogP) is 2.48. The summed E-state index contributed by atoms with van der Waals surface area (Å²) in [5.74, 6) is 0.700. The van der Waals surface area contributed by atoms with Gasteiger partial charge in [0.25, 0.3) is 0 Å². The maximum atomic E-state index is 12.4. The first kappa shape index (κ1) is 17.3. The van der Waals surface area contributed by atoms with Crippen LogP contribution in [0.5, 0.6) is 0 Å². The van der Waals surface area contributed by atoms with E-state index in [1.807, 2.05) is 22.8 Å². The molecule has 1 aromatic carbocycles. The lowest BCUT2D eigenvalue weighted by molar-refractivity contribution is -0.138. The molecule has 1 fully saturated rings. The van der Waals surface area contributed by atoms with Gasteiger partial charge in [-0.15, -0.1) is 0 Å². The summed E-state index contributed by atoms with van der Waals surface area (Å²) < 4.78 is 1.83. The van der Waals surface area contributed by atoms with Gasteiger partial charge in [-0.25, -0.2) is 0 Å². The molecule has 0 bridgehead atoms. The highest BCUT2D eigenvalue weighted by Crippen LogP contribution is 2.36. The van der Waals surface area contributed by atoms with Crippen LogP contribution in [0.15, 0.2) is 36.7 Å². The van der Waals surface area contributed by atoms with Gasteiger partial charge in [0, 0.05) is 44.4 Å². The third-order valence-electron chi connectivity index (χ3n) is 5.96. The fourth-order valence-electron chi connectivity index (χ4n) is 4.67. The van der Waals surface area contributed by atoms with E-state index in [-0.39, 0.29) is 11.9 Å². The molecule has 4 rings (SSSR count). The number of fused-ring (bicyclic) bond motifs is 1. The van der Waals surface area contributed by atoms with Gasteiger partial charge in [-0.1, -0.05) is 24.3 Å². The number of aromatic nitrogens is 2. The largest absolute Gasteiger partial charge is 0.335 e. The molecule has 1 saturated heterocycles. The quantitative estimate of drug-likeness (QED) is 0.899. The summed E-state index contributed by atoms with van der Waals surface area (Å²) in [4.78, 5) is 14.5. The Hall–Kier alpha value is -2.14. The fourth-order valence-corrected chi connectivity index (χ4v) is 4.67. The number of rotatable bonds is 5. The highest BCUT2D eigenvalue weighted by atomic mass is 16.2. The van der Waals surface area contributed by atoms with E-state index in [9.17, 15) is 4.79 Å². The summed E-state index contributed by atoms with van der Waals surface area (Å²) in [6, 6.07) is 9.39. The number of amides is 1. The van der Waals surface area contributed by atoms with Gasteiger partial charge in [-0.05, 0) is 43.2 Å². The van der Waals surface area contributed by atoms with Crippen LogP contribution in [0.2, 0.25) is 0 Å². The average molecular weight is 352 g/mol. The lowest BCUT2D eigenvalue weighted by atomic mass is 9.85. The Labute approximate surface area is 155 Å². The van der Waals surface area contributed by atoms with Crippen LogP contribution < -0.4 is 5.32 Å². The van der Waals surface area contributed by atoms with Crippen LogP contribution in [0, 0.1) is 5.92 Å². The molecule has 2 heterocycles. The van der Waals surface area contributed by atoms with Crippen LogP contribution >= 0.6 is 0 Å². The lowest BCUT2D eigenvalue weighted by Crippen LogP contribution is -2.46. The molecule has 26 heavy (non-hydrogen) atoms. The van der Waals surface area contributed by atoms with Crippen molar-refractivity contribution >= 4 is 5.91 Å². The Bertz CT molecular complexity index is 759. The molecular weight excluding hydrogens is 324 g/mol. The molecule has 1 aliphatic heterocycles. The van der Waals surface area contributed by atoms with Crippen LogP contribution in [-0.4, -0.2) is 39.7 Å². The number of carbonyl (C=O) groups is 1. The van der Waals surface area contributed by atoms with Crippen LogP contribution in [0.4, 0.5) is 0 Å². The zero-order valence-electron chi connectivity index (χ0n) is 15.7. The minimum atomic E-state index is 0.131. The second-order valence-corrected chi connectivity index (χ2v) is 7.65. The average Bonchev–Trinajstić information content (AvgIpc) is 3.25. The van der Waals surface area contributed by atoms with Gasteiger partial charge < -0.3 is 10.2 Å². The molecule has 1 aromatic heterocycles. The predicted molar refractivity (Wildman–Crippen MR) is 102 cm³/mol. The van der Waals surface area contributed by atoms with Crippen molar-refractivity contribution in [1.82, 2.24) is 20.0 Å². The van der Waals surface area contributed by atoms with E-state index in [4.69, 9.17) is 0 Å². The first-order valence-electron chi connectivity index (χ1n) is 9.74. The van der Waals surface area contributed by atoms with Crippen molar-refractivity contribution in [1.29, 1.82) is 0 Å². The highest BCUT2D eigenvalue weighted by Gasteiger charge is 2.37. The molecule has 5 nitrogen and oxygen atoms in total. The molecule has 0 radical (unpaired) electrons. The zero-order chi connectivity index (χ0) is 18.1. The maximum Gasteiger partial charge on any atom is 0.223 e. The molecule has 0 saturated carbocycles. The number of carbonyl (C=O) groups excluding carboxylic acids is 1. The van der Waals surface area contributed by atoms with Crippen molar-refractivity contribution < 1.29 is 4.79 Å². The van der Waals surface area contributed by atoms with Gasteiger partial charge in [0.15, 0.2) is 0 Å². The number of nitrogens with zero attached hydrogens (tertiary/aromatic N) is 3. The van der Waals surface area contributed by atoms with E-state index in [0.717, 1.165) is 37.9 Å². The van der Waals surface area contributed by atoms with Crippen molar-refractivity contribution in [2.45, 2.75) is 44.7 Å². The second-order valence-electron chi connectivity index (χ2n) is 7.65. The van der Waals surface area contributed by atoms with Gasteiger partial charge in [-0.2, -0.15) is 5.10 Å². The van der Waals surface area contributed by atoms with E-state index in [1.54, 1.807) is 0 Å². The van der Waals surface area contributed by atoms with E-state index in [2.05, 4.69) is 47.8 Å². The number of hydrogen-bond acceptors (Lipinski definition) is 3. The van der Waals surface area contributed by atoms with Crippen molar-refractivity contribution in [3.05, 3.63) is 53.3 Å². The molecule has 5 heteroatoms. The molecule has 0 spiro atoms. The van der Waals surface area contributed by atoms with Gasteiger partial charge >= 0.3 is 0 Å². The van der Waals surface area contributed by atoms with Crippen molar-refractivity contribution in [2.75, 3.05) is 13.1 Å². The number of aryl methyl sites for hydroxylation is 1. The van der Waals surface area contributed by atoms with Gasteiger partial charge in [0.1, 0.15) is 0 Å². The van der Waals surface area contributed by atoms with Crippen molar-refractivity contribution in [3.8, 4) is 0 Å². The Morgan fingerprint density at radius 3 is 2.58 bits per heavy atom. The Kier molecular flexibility index (Phi) is 4.81. The molecule has 0 unspecified atom stereocenters. The van der Waals surface area contributed by atoms with E-state index >= 15 is 0 Å². The molecule has 1 aliphatic carbocycles. The number of piperidine rings is 1. The van der Waals surface area contributed by atoms with Gasteiger partial charge in [0.2, 0.25) is 5.91 Å². The van der Waals surface area contributed by atoms with Crippen LogP contribution in [0.25, 0.3) is 0 Å². The Morgan fingerprint density at radius 2 is 1.96 bits per heavy atom. The maximum absolute atomic E-state index is 12.4. The minimum absolute atomic E-state index is 0.131. The first-order chi connectivity index (χ1) is 12.7. The van der Waals surface area contributed by atoms with Crippen LogP contribution in [0.1, 0.15) is 42.5 Å². The number of hydrogen-bond donors (Lipinski definition) is 1.